The Kier molecular flexibility index (Phi) is 2.98. The predicted octanol–water partition coefficient (Wildman–Crippen LogP) is 2.20. The number of aromatic nitrogens is 2. The molecule has 17 heavy (non-hydrogen) atoms. The van der Waals surface area contributed by atoms with Gasteiger partial charge in [-0.2, -0.15) is 0 Å². The molecule has 0 saturated carbocycles. The summed E-state index contributed by atoms with van der Waals surface area (Å²) in [6.45, 7) is 6.30. The van der Waals surface area contributed by atoms with Crippen molar-refractivity contribution < 1.29 is 8.42 Å². The van der Waals surface area contributed by atoms with E-state index in [2.05, 4.69) is 25.9 Å². The monoisotopic (exact) mass is 274 g/mol. The first-order valence-electron chi connectivity index (χ1n) is 5.71. The van der Waals surface area contributed by atoms with Crippen molar-refractivity contribution in [3.05, 3.63) is 16.4 Å². The summed E-state index contributed by atoms with van der Waals surface area (Å²) in [6, 6.07) is 1.91. The molecular formula is C11H18N2O2S2. The molecule has 1 aliphatic heterocycles. The number of hydrogen-bond donors (Lipinski definition) is 1. The van der Waals surface area contributed by atoms with Crippen LogP contribution in [-0.2, 0) is 15.3 Å². The standard InChI is InChI=1S/C11H18N2O2S2/c1-11(2,3)9-6-10(16)13(12-9)8-4-5-17(14,15)7-8/h6,8,12H,4-5,7H2,1-3H3. The molecule has 1 fully saturated rings. The minimum atomic E-state index is -2.87. The molecule has 1 aromatic heterocycles. The van der Waals surface area contributed by atoms with Gasteiger partial charge in [-0.15, -0.1) is 0 Å². The molecule has 4 nitrogen and oxygen atoms in total. The maximum absolute atomic E-state index is 11.5. The highest BCUT2D eigenvalue weighted by Gasteiger charge is 2.30. The van der Waals surface area contributed by atoms with Crippen LogP contribution < -0.4 is 0 Å². The summed E-state index contributed by atoms with van der Waals surface area (Å²) in [6.07, 6.45) is 0.654. The number of aromatic amines is 1. The molecule has 0 bridgehead atoms. The highest BCUT2D eigenvalue weighted by molar-refractivity contribution is 7.91. The maximum atomic E-state index is 11.5. The van der Waals surface area contributed by atoms with E-state index in [9.17, 15) is 8.42 Å². The fraction of sp³-hybridized carbons (Fsp3) is 0.727. The van der Waals surface area contributed by atoms with E-state index in [0.717, 1.165) is 5.69 Å². The Hall–Kier alpha value is -0.620. The zero-order valence-electron chi connectivity index (χ0n) is 10.4. The zero-order valence-corrected chi connectivity index (χ0v) is 12.0. The lowest BCUT2D eigenvalue weighted by molar-refractivity contribution is 0.470. The van der Waals surface area contributed by atoms with Gasteiger partial charge in [0, 0.05) is 11.1 Å². The Bertz CT molecular complexity index is 575. The van der Waals surface area contributed by atoms with Crippen LogP contribution in [0.3, 0.4) is 0 Å². The van der Waals surface area contributed by atoms with Crippen molar-refractivity contribution in [1.29, 1.82) is 0 Å². The van der Waals surface area contributed by atoms with Crippen LogP contribution >= 0.6 is 12.2 Å². The minimum absolute atomic E-state index is 0.00368. The molecule has 1 N–H and O–H groups in total. The van der Waals surface area contributed by atoms with E-state index < -0.39 is 9.84 Å². The fourth-order valence-corrected chi connectivity index (χ4v) is 4.06. The number of sulfone groups is 1. The van der Waals surface area contributed by atoms with Gasteiger partial charge in [0.25, 0.3) is 0 Å². The summed E-state index contributed by atoms with van der Waals surface area (Å²) in [5, 5.41) is 3.25. The summed E-state index contributed by atoms with van der Waals surface area (Å²) in [5.74, 6) is 0.467. The topological polar surface area (TPSA) is 54.9 Å². The van der Waals surface area contributed by atoms with Gasteiger partial charge in [0.05, 0.1) is 17.5 Å². The first kappa shape index (κ1) is 12.8. The van der Waals surface area contributed by atoms with Gasteiger partial charge in [0.1, 0.15) is 4.64 Å². The summed E-state index contributed by atoms with van der Waals surface area (Å²) >= 11 is 5.29. The second kappa shape index (κ2) is 3.95. The molecule has 0 aromatic carbocycles. The van der Waals surface area contributed by atoms with E-state index in [0.29, 0.717) is 11.1 Å². The van der Waals surface area contributed by atoms with Crippen LogP contribution in [0.1, 0.15) is 38.9 Å². The van der Waals surface area contributed by atoms with Gasteiger partial charge >= 0.3 is 0 Å². The largest absolute Gasteiger partial charge is 0.301 e. The van der Waals surface area contributed by atoms with Crippen LogP contribution in [0.4, 0.5) is 0 Å². The molecule has 2 rings (SSSR count). The van der Waals surface area contributed by atoms with Crippen molar-refractivity contribution in [2.24, 2.45) is 0 Å². The maximum Gasteiger partial charge on any atom is 0.152 e. The second-order valence-corrected chi connectivity index (χ2v) is 8.33. The Morgan fingerprint density at radius 1 is 1.47 bits per heavy atom. The van der Waals surface area contributed by atoms with Gasteiger partial charge in [-0.05, 0) is 12.5 Å². The van der Waals surface area contributed by atoms with Crippen LogP contribution in [-0.4, -0.2) is 29.7 Å². The first-order valence-corrected chi connectivity index (χ1v) is 7.94. The Morgan fingerprint density at radius 3 is 2.53 bits per heavy atom. The number of nitrogens with zero attached hydrogens (tertiary/aromatic N) is 1. The Labute approximate surface area is 107 Å². The van der Waals surface area contributed by atoms with Gasteiger partial charge in [-0.3, -0.25) is 4.68 Å². The van der Waals surface area contributed by atoms with E-state index in [4.69, 9.17) is 12.2 Å². The Morgan fingerprint density at radius 2 is 2.12 bits per heavy atom. The van der Waals surface area contributed by atoms with Crippen molar-refractivity contribution in [3.63, 3.8) is 0 Å². The highest BCUT2D eigenvalue weighted by Crippen LogP contribution is 2.26. The summed E-state index contributed by atoms with van der Waals surface area (Å²) < 4.78 is 25.5. The van der Waals surface area contributed by atoms with Crippen LogP contribution in [0.25, 0.3) is 0 Å². The molecule has 0 radical (unpaired) electrons. The van der Waals surface area contributed by atoms with Gasteiger partial charge in [0.2, 0.25) is 0 Å². The summed E-state index contributed by atoms with van der Waals surface area (Å²) in [7, 11) is -2.87. The molecule has 1 aliphatic rings. The van der Waals surface area contributed by atoms with Crippen LogP contribution in [0, 0.1) is 4.64 Å². The number of nitrogens with one attached hydrogen (secondary N) is 1. The molecule has 1 saturated heterocycles. The van der Waals surface area contributed by atoms with Crippen molar-refractivity contribution in [2.45, 2.75) is 38.6 Å². The lowest BCUT2D eigenvalue weighted by atomic mass is 9.93. The molecule has 6 heteroatoms. The highest BCUT2D eigenvalue weighted by atomic mass is 32.2. The molecule has 2 heterocycles. The normalized spacial score (nSPS) is 24.1. The fourth-order valence-electron chi connectivity index (χ4n) is 2.04. The average Bonchev–Trinajstić information content (AvgIpc) is 2.68. The molecule has 1 atom stereocenters. The smallest absolute Gasteiger partial charge is 0.152 e. The third-order valence-electron chi connectivity index (χ3n) is 3.13. The molecule has 0 aliphatic carbocycles. The molecule has 96 valence electrons. The third kappa shape index (κ3) is 2.63. The summed E-state index contributed by atoms with van der Waals surface area (Å²) in [5.41, 5.74) is 1.04. The van der Waals surface area contributed by atoms with Gasteiger partial charge in [0.15, 0.2) is 9.84 Å². The molecule has 1 unspecified atom stereocenters. The summed E-state index contributed by atoms with van der Waals surface area (Å²) in [4.78, 5) is 0. The van der Waals surface area contributed by atoms with Gasteiger partial charge in [-0.1, -0.05) is 33.0 Å². The zero-order chi connectivity index (χ0) is 12.8. The SMILES string of the molecule is CC(C)(C)c1cc(=S)n(C2CCS(=O)(=O)C2)[nH]1. The number of hydrogen-bond acceptors (Lipinski definition) is 3. The van der Waals surface area contributed by atoms with Crippen molar-refractivity contribution in [1.82, 2.24) is 9.78 Å². The van der Waals surface area contributed by atoms with E-state index >= 15 is 0 Å². The van der Waals surface area contributed by atoms with Crippen molar-refractivity contribution in [2.75, 3.05) is 11.5 Å². The Balaban J connectivity index is 2.36. The lowest BCUT2D eigenvalue weighted by Gasteiger charge is -2.17. The first-order chi connectivity index (χ1) is 7.69. The van der Waals surface area contributed by atoms with E-state index in [1.54, 1.807) is 0 Å². The van der Waals surface area contributed by atoms with Crippen LogP contribution in [0.2, 0.25) is 0 Å². The molecular weight excluding hydrogens is 256 g/mol. The quantitative estimate of drug-likeness (QED) is 0.799. The lowest BCUT2D eigenvalue weighted by Crippen LogP contribution is -2.16. The van der Waals surface area contributed by atoms with Crippen LogP contribution in [0.5, 0.6) is 0 Å². The average molecular weight is 274 g/mol. The van der Waals surface area contributed by atoms with Gasteiger partial charge < -0.3 is 5.10 Å². The molecule has 1 aromatic rings. The second-order valence-electron chi connectivity index (χ2n) is 5.68. The number of rotatable bonds is 1. The number of H-pyrrole nitrogens is 1. The molecule has 0 spiro atoms. The van der Waals surface area contributed by atoms with Gasteiger partial charge in [-0.25, -0.2) is 8.42 Å². The predicted molar refractivity (Wildman–Crippen MR) is 70.6 cm³/mol. The van der Waals surface area contributed by atoms with E-state index in [1.165, 1.54) is 0 Å². The van der Waals surface area contributed by atoms with Crippen LogP contribution in [0.15, 0.2) is 6.07 Å². The van der Waals surface area contributed by atoms with E-state index in [1.807, 2.05) is 10.7 Å². The molecule has 0 amide bonds. The van der Waals surface area contributed by atoms with E-state index in [-0.39, 0.29) is 23.0 Å². The minimum Gasteiger partial charge on any atom is -0.301 e. The van der Waals surface area contributed by atoms with Crippen molar-refractivity contribution in [3.8, 4) is 0 Å². The van der Waals surface area contributed by atoms with Crippen molar-refractivity contribution >= 4 is 22.1 Å². The third-order valence-corrected chi connectivity index (χ3v) is 5.19.